The minimum atomic E-state index is -0.258. The largest absolute Gasteiger partial charge is 0.508 e. The van der Waals surface area contributed by atoms with E-state index in [1.807, 2.05) is 13.0 Å². The zero-order valence-electron chi connectivity index (χ0n) is 7.93. The van der Waals surface area contributed by atoms with Crippen LogP contribution in [0.5, 0.6) is 5.75 Å². The van der Waals surface area contributed by atoms with E-state index in [9.17, 15) is 9.90 Å². The summed E-state index contributed by atoms with van der Waals surface area (Å²) in [6.07, 6.45) is 0.768. The third-order valence-electron chi connectivity index (χ3n) is 2.69. The van der Waals surface area contributed by atoms with E-state index in [0.29, 0.717) is 6.61 Å². The summed E-state index contributed by atoms with van der Waals surface area (Å²) in [6, 6.07) is 5.23. The Hall–Kier alpha value is -1.35. The Labute approximate surface area is 82.3 Å². The maximum atomic E-state index is 10.9. The highest BCUT2D eigenvalue weighted by Crippen LogP contribution is 2.34. The fraction of sp³-hybridized carbons (Fsp3) is 0.364. The molecule has 0 amide bonds. The van der Waals surface area contributed by atoms with Crippen molar-refractivity contribution in [3.63, 3.8) is 0 Å². The predicted octanol–water partition coefficient (Wildman–Crippen LogP) is 1.59. The summed E-state index contributed by atoms with van der Waals surface area (Å²) in [5.74, 6) is -0.0490. The zero-order chi connectivity index (χ0) is 10.1. The van der Waals surface area contributed by atoms with Crippen molar-refractivity contribution in [3.05, 3.63) is 29.3 Å². The standard InChI is InChI=1S/C11H12O3/c1-7-9(5-12)8-3-2-4-11(13)10(8)6-14-7/h2-5,7,9,13H,6H2,1H3. The predicted molar refractivity (Wildman–Crippen MR) is 51.2 cm³/mol. The first-order valence-electron chi connectivity index (χ1n) is 4.61. The number of rotatable bonds is 1. The van der Waals surface area contributed by atoms with Gasteiger partial charge in [-0.3, -0.25) is 0 Å². The lowest BCUT2D eigenvalue weighted by atomic mass is 9.89. The lowest BCUT2D eigenvalue weighted by Gasteiger charge is -2.28. The molecule has 2 rings (SSSR count). The first kappa shape index (κ1) is 9.21. The summed E-state index contributed by atoms with van der Waals surface area (Å²) in [6.45, 7) is 2.25. The number of aldehydes is 1. The number of ether oxygens (including phenoxy) is 1. The highest BCUT2D eigenvalue weighted by atomic mass is 16.5. The van der Waals surface area contributed by atoms with Gasteiger partial charge in [0.2, 0.25) is 0 Å². The monoisotopic (exact) mass is 192 g/mol. The smallest absolute Gasteiger partial charge is 0.130 e. The molecule has 0 saturated heterocycles. The van der Waals surface area contributed by atoms with Crippen molar-refractivity contribution in [1.82, 2.24) is 0 Å². The third-order valence-corrected chi connectivity index (χ3v) is 2.69. The van der Waals surface area contributed by atoms with Crippen LogP contribution in [-0.2, 0) is 16.1 Å². The van der Waals surface area contributed by atoms with Gasteiger partial charge in [0.15, 0.2) is 0 Å². The van der Waals surface area contributed by atoms with Crippen LogP contribution in [0.25, 0.3) is 0 Å². The lowest BCUT2D eigenvalue weighted by Crippen LogP contribution is -2.26. The van der Waals surface area contributed by atoms with Crippen LogP contribution in [0.4, 0.5) is 0 Å². The molecule has 1 heterocycles. The summed E-state index contributed by atoms with van der Waals surface area (Å²) < 4.78 is 5.40. The van der Waals surface area contributed by atoms with Crippen molar-refractivity contribution >= 4 is 6.29 Å². The molecule has 0 bridgehead atoms. The molecule has 1 N–H and O–H groups in total. The fourth-order valence-electron chi connectivity index (χ4n) is 1.82. The van der Waals surface area contributed by atoms with Gasteiger partial charge in [0.1, 0.15) is 12.0 Å². The first-order chi connectivity index (χ1) is 6.74. The molecule has 2 atom stereocenters. The minimum absolute atomic E-state index is 0.109. The van der Waals surface area contributed by atoms with Crippen molar-refractivity contribution in [1.29, 1.82) is 0 Å². The minimum Gasteiger partial charge on any atom is -0.508 e. The van der Waals surface area contributed by atoms with Crippen LogP contribution in [0.15, 0.2) is 18.2 Å². The van der Waals surface area contributed by atoms with Crippen LogP contribution in [-0.4, -0.2) is 17.5 Å². The molecule has 1 aromatic carbocycles. The number of phenolic OH excluding ortho intramolecular Hbond substituents is 1. The topological polar surface area (TPSA) is 46.5 Å². The maximum absolute atomic E-state index is 10.9. The number of carbonyl (C=O) groups excluding carboxylic acids is 1. The second kappa shape index (κ2) is 3.42. The zero-order valence-corrected chi connectivity index (χ0v) is 7.93. The van der Waals surface area contributed by atoms with Crippen molar-refractivity contribution in [2.75, 3.05) is 0 Å². The van der Waals surface area contributed by atoms with Gasteiger partial charge in [-0.1, -0.05) is 12.1 Å². The van der Waals surface area contributed by atoms with E-state index >= 15 is 0 Å². The van der Waals surface area contributed by atoms with Gasteiger partial charge in [0, 0.05) is 5.56 Å². The van der Waals surface area contributed by atoms with Crippen molar-refractivity contribution < 1.29 is 14.6 Å². The number of hydrogen-bond acceptors (Lipinski definition) is 3. The Kier molecular flexibility index (Phi) is 2.25. The second-order valence-electron chi connectivity index (χ2n) is 3.52. The van der Waals surface area contributed by atoms with Gasteiger partial charge in [-0.15, -0.1) is 0 Å². The molecule has 2 unspecified atom stereocenters. The van der Waals surface area contributed by atoms with Crippen LogP contribution in [0, 0.1) is 0 Å². The van der Waals surface area contributed by atoms with E-state index in [4.69, 9.17) is 4.74 Å². The lowest BCUT2D eigenvalue weighted by molar-refractivity contribution is -0.113. The maximum Gasteiger partial charge on any atom is 0.130 e. The van der Waals surface area contributed by atoms with Gasteiger partial charge in [-0.2, -0.15) is 0 Å². The van der Waals surface area contributed by atoms with Crippen LogP contribution in [0.3, 0.4) is 0 Å². The van der Waals surface area contributed by atoms with E-state index in [-0.39, 0.29) is 17.8 Å². The molecular weight excluding hydrogens is 180 g/mol. The number of fused-ring (bicyclic) bond motifs is 1. The molecule has 3 heteroatoms. The highest BCUT2D eigenvalue weighted by Gasteiger charge is 2.28. The molecule has 74 valence electrons. The van der Waals surface area contributed by atoms with E-state index in [0.717, 1.165) is 17.4 Å². The molecule has 14 heavy (non-hydrogen) atoms. The molecule has 1 aliphatic rings. The van der Waals surface area contributed by atoms with Gasteiger partial charge in [-0.25, -0.2) is 0 Å². The molecule has 1 aromatic rings. The van der Waals surface area contributed by atoms with Gasteiger partial charge >= 0.3 is 0 Å². The van der Waals surface area contributed by atoms with E-state index in [1.165, 1.54) is 0 Å². The third kappa shape index (κ3) is 1.30. The van der Waals surface area contributed by atoms with Gasteiger partial charge in [-0.05, 0) is 18.6 Å². The molecule has 3 nitrogen and oxygen atoms in total. The average Bonchev–Trinajstić information content (AvgIpc) is 2.18. The quantitative estimate of drug-likeness (QED) is 0.687. The van der Waals surface area contributed by atoms with Crippen molar-refractivity contribution in [2.45, 2.75) is 25.6 Å². The molecule has 0 spiro atoms. The normalized spacial score (nSPS) is 25.5. The molecule has 1 aliphatic heterocycles. The summed E-state index contributed by atoms with van der Waals surface area (Å²) >= 11 is 0. The Morgan fingerprint density at radius 2 is 2.36 bits per heavy atom. The molecule has 0 saturated carbocycles. The number of benzene rings is 1. The molecule has 0 aromatic heterocycles. The van der Waals surface area contributed by atoms with Crippen LogP contribution >= 0.6 is 0 Å². The van der Waals surface area contributed by atoms with Crippen molar-refractivity contribution in [2.24, 2.45) is 0 Å². The van der Waals surface area contributed by atoms with E-state index in [2.05, 4.69) is 0 Å². The molecular formula is C11H12O3. The Balaban J connectivity index is 2.51. The molecule has 0 radical (unpaired) electrons. The Bertz CT molecular complexity index is 360. The average molecular weight is 192 g/mol. The van der Waals surface area contributed by atoms with Crippen LogP contribution in [0.1, 0.15) is 24.0 Å². The highest BCUT2D eigenvalue weighted by molar-refractivity contribution is 5.66. The van der Waals surface area contributed by atoms with E-state index in [1.54, 1.807) is 12.1 Å². The molecule has 0 aliphatic carbocycles. The van der Waals surface area contributed by atoms with Gasteiger partial charge in [0.05, 0.1) is 18.6 Å². The van der Waals surface area contributed by atoms with Crippen LogP contribution in [0.2, 0.25) is 0 Å². The summed E-state index contributed by atoms with van der Waals surface area (Å²) in [7, 11) is 0. The second-order valence-corrected chi connectivity index (χ2v) is 3.52. The van der Waals surface area contributed by atoms with E-state index < -0.39 is 0 Å². The Morgan fingerprint density at radius 3 is 3.07 bits per heavy atom. The van der Waals surface area contributed by atoms with Crippen LogP contribution < -0.4 is 0 Å². The first-order valence-corrected chi connectivity index (χ1v) is 4.61. The number of carbonyl (C=O) groups is 1. The Morgan fingerprint density at radius 1 is 1.57 bits per heavy atom. The summed E-state index contributed by atoms with van der Waals surface area (Å²) in [4.78, 5) is 10.9. The number of hydrogen-bond donors (Lipinski definition) is 1. The summed E-state index contributed by atoms with van der Waals surface area (Å²) in [5, 5.41) is 9.56. The van der Waals surface area contributed by atoms with Crippen molar-refractivity contribution in [3.8, 4) is 5.75 Å². The fourth-order valence-corrected chi connectivity index (χ4v) is 1.82. The number of aromatic hydroxyl groups is 1. The molecule has 0 fully saturated rings. The van der Waals surface area contributed by atoms with Gasteiger partial charge < -0.3 is 14.6 Å². The van der Waals surface area contributed by atoms with Gasteiger partial charge in [0.25, 0.3) is 0 Å². The SMILES string of the molecule is CC1OCc2c(O)cccc2C1C=O. The summed E-state index contributed by atoms with van der Waals surface area (Å²) in [5.41, 5.74) is 1.63. The number of phenols is 1.